The molecule has 4 unspecified atom stereocenters. The van der Waals surface area contributed by atoms with Crippen LogP contribution in [0.25, 0.3) is 0 Å². The minimum Gasteiger partial charge on any atom is -0.497 e. The van der Waals surface area contributed by atoms with Gasteiger partial charge >= 0.3 is 0 Å². The van der Waals surface area contributed by atoms with Gasteiger partial charge in [0.1, 0.15) is 23.7 Å². The molecular weight excluding hydrogens is 432 g/mol. The Morgan fingerprint density at radius 1 is 0.647 bits per heavy atom. The van der Waals surface area contributed by atoms with E-state index in [1.165, 1.54) is 0 Å². The molecule has 2 saturated carbocycles. The fourth-order valence-electron chi connectivity index (χ4n) is 5.82. The van der Waals surface area contributed by atoms with Gasteiger partial charge in [0.15, 0.2) is 22.8 Å². The molecular formula is C28H32O6. The Bertz CT molecular complexity index is 960. The number of hydrogen-bond donors (Lipinski definition) is 0. The Balaban J connectivity index is 1.64. The van der Waals surface area contributed by atoms with E-state index in [0.29, 0.717) is 25.7 Å². The van der Waals surface area contributed by atoms with Crippen molar-refractivity contribution in [1.82, 2.24) is 0 Å². The Kier molecular flexibility index (Phi) is 6.21. The van der Waals surface area contributed by atoms with Gasteiger partial charge in [-0.05, 0) is 73.9 Å². The van der Waals surface area contributed by atoms with Gasteiger partial charge in [-0.1, -0.05) is 24.3 Å². The highest BCUT2D eigenvalue weighted by Gasteiger charge is 2.63. The molecule has 0 amide bonds. The van der Waals surface area contributed by atoms with E-state index in [2.05, 4.69) is 0 Å². The summed E-state index contributed by atoms with van der Waals surface area (Å²) in [5, 5.41) is 0. The molecule has 1 aliphatic heterocycles. The highest BCUT2D eigenvalue weighted by molar-refractivity contribution is 5.92. The summed E-state index contributed by atoms with van der Waals surface area (Å²) in [5.74, 6) is 1.56. The number of Topliss-reactive ketones (excluding diaryl/α,β-unsaturated/α-hetero) is 2. The molecule has 6 heteroatoms. The maximum Gasteiger partial charge on any atom is 0.167 e. The largest absolute Gasteiger partial charge is 0.497 e. The first-order valence-corrected chi connectivity index (χ1v) is 12.2. The number of benzene rings is 2. The van der Waals surface area contributed by atoms with E-state index in [0.717, 1.165) is 48.3 Å². The zero-order chi connectivity index (χ0) is 23.8. The molecule has 4 atom stereocenters. The number of carbonyl (C=O) groups excluding carboxylic acids is 2. The zero-order valence-corrected chi connectivity index (χ0v) is 19.9. The quantitative estimate of drug-likeness (QED) is 0.612. The third-order valence-electron chi connectivity index (χ3n) is 7.69. The summed E-state index contributed by atoms with van der Waals surface area (Å²) >= 11 is 0. The van der Waals surface area contributed by atoms with Crippen molar-refractivity contribution in [1.29, 1.82) is 0 Å². The molecule has 0 N–H and O–H groups in total. The van der Waals surface area contributed by atoms with Crippen molar-refractivity contribution in [3.05, 3.63) is 59.7 Å². The number of ether oxygens (including phenoxy) is 4. The van der Waals surface area contributed by atoms with Crippen molar-refractivity contribution in [2.45, 2.75) is 74.8 Å². The lowest BCUT2D eigenvalue weighted by Crippen LogP contribution is -2.63. The van der Waals surface area contributed by atoms with Crippen LogP contribution in [0.15, 0.2) is 48.5 Å². The summed E-state index contributed by atoms with van der Waals surface area (Å²) in [6, 6.07) is 15.2. The highest BCUT2D eigenvalue weighted by atomic mass is 16.6. The van der Waals surface area contributed by atoms with E-state index in [4.69, 9.17) is 18.9 Å². The van der Waals surface area contributed by atoms with Crippen molar-refractivity contribution in [2.24, 2.45) is 0 Å². The monoisotopic (exact) mass is 464 g/mol. The van der Waals surface area contributed by atoms with Gasteiger partial charge in [0.2, 0.25) is 0 Å². The first-order valence-electron chi connectivity index (χ1n) is 12.2. The van der Waals surface area contributed by atoms with E-state index < -0.39 is 23.4 Å². The molecule has 0 radical (unpaired) electrons. The molecule has 0 bridgehead atoms. The predicted molar refractivity (Wildman–Crippen MR) is 126 cm³/mol. The topological polar surface area (TPSA) is 71.1 Å². The molecule has 2 aromatic carbocycles. The lowest BCUT2D eigenvalue weighted by atomic mass is 9.70. The molecule has 2 aliphatic carbocycles. The standard InChI is InChI=1S/C28H32O6/c1-31-21-13-9-19(10-14-21)25-27(17-5-3-7-23(27)29)34-26(20-11-15-22(32-2)16-12-20)28(33-25)18-6-4-8-24(28)30/h9-16,25-26H,3-8,17-18H2,1-2H3. The predicted octanol–water partition coefficient (Wildman–Crippen LogP) is 5.30. The van der Waals surface area contributed by atoms with Gasteiger partial charge in [-0.3, -0.25) is 9.59 Å². The van der Waals surface area contributed by atoms with Crippen molar-refractivity contribution >= 4 is 11.6 Å². The van der Waals surface area contributed by atoms with Crippen molar-refractivity contribution in [3.8, 4) is 11.5 Å². The number of rotatable bonds is 4. The molecule has 0 aromatic heterocycles. The van der Waals surface area contributed by atoms with Crippen LogP contribution < -0.4 is 9.47 Å². The number of methoxy groups -OCH3 is 2. The first kappa shape index (κ1) is 23.1. The van der Waals surface area contributed by atoms with Gasteiger partial charge in [0.25, 0.3) is 0 Å². The number of ketones is 2. The minimum atomic E-state index is -1.12. The summed E-state index contributed by atoms with van der Waals surface area (Å²) in [5.41, 5.74) is -0.579. The van der Waals surface area contributed by atoms with Crippen LogP contribution in [-0.4, -0.2) is 37.0 Å². The van der Waals surface area contributed by atoms with Gasteiger partial charge in [0.05, 0.1) is 14.2 Å². The summed E-state index contributed by atoms with van der Waals surface area (Å²) < 4.78 is 24.5. The minimum absolute atomic E-state index is 0.0520. The summed E-state index contributed by atoms with van der Waals surface area (Å²) in [6.07, 6.45) is 4.17. The Hall–Kier alpha value is -2.70. The molecule has 6 nitrogen and oxygen atoms in total. The Labute approximate surface area is 200 Å². The molecule has 3 aliphatic rings. The number of hydrogen-bond acceptors (Lipinski definition) is 6. The lowest BCUT2D eigenvalue weighted by Gasteiger charge is -2.56. The molecule has 180 valence electrons. The average Bonchev–Trinajstić information content (AvgIpc) is 2.88. The van der Waals surface area contributed by atoms with Crippen LogP contribution >= 0.6 is 0 Å². The summed E-state index contributed by atoms with van der Waals surface area (Å²) in [6.45, 7) is 0. The van der Waals surface area contributed by atoms with E-state index >= 15 is 0 Å². The second-order valence-corrected chi connectivity index (χ2v) is 9.58. The fourth-order valence-corrected chi connectivity index (χ4v) is 5.82. The number of carbonyl (C=O) groups is 2. The maximum absolute atomic E-state index is 13.6. The van der Waals surface area contributed by atoms with Crippen LogP contribution in [-0.2, 0) is 19.1 Å². The van der Waals surface area contributed by atoms with Crippen LogP contribution in [0.2, 0.25) is 0 Å². The molecule has 34 heavy (non-hydrogen) atoms. The van der Waals surface area contributed by atoms with Gasteiger partial charge in [-0.15, -0.1) is 0 Å². The molecule has 2 aromatic rings. The molecule has 5 rings (SSSR count). The van der Waals surface area contributed by atoms with Gasteiger partial charge in [-0.25, -0.2) is 0 Å². The van der Waals surface area contributed by atoms with E-state index in [9.17, 15) is 9.59 Å². The summed E-state index contributed by atoms with van der Waals surface area (Å²) in [7, 11) is 3.24. The third kappa shape index (κ3) is 3.73. The SMILES string of the molecule is COc1ccc(C2OC3(CCCCC3=O)C(c3ccc(OC)cc3)OC23CCCCC3=O)cc1. The highest BCUT2D eigenvalue weighted by Crippen LogP contribution is 2.56. The first-order chi connectivity index (χ1) is 16.5. The van der Waals surface area contributed by atoms with Crippen LogP contribution in [0.5, 0.6) is 11.5 Å². The second kappa shape index (κ2) is 9.16. The Morgan fingerprint density at radius 3 is 1.35 bits per heavy atom. The molecule has 1 heterocycles. The van der Waals surface area contributed by atoms with Gasteiger partial charge < -0.3 is 18.9 Å². The van der Waals surface area contributed by atoms with Crippen LogP contribution in [0.1, 0.15) is 74.7 Å². The van der Waals surface area contributed by atoms with E-state index in [1.807, 2.05) is 48.5 Å². The van der Waals surface area contributed by atoms with Crippen molar-refractivity contribution in [3.63, 3.8) is 0 Å². The van der Waals surface area contributed by atoms with Crippen LogP contribution in [0.3, 0.4) is 0 Å². The normalized spacial score (nSPS) is 31.6. The molecule has 3 fully saturated rings. The average molecular weight is 465 g/mol. The summed E-state index contributed by atoms with van der Waals surface area (Å²) in [4.78, 5) is 27.1. The maximum atomic E-state index is 13.6. The third-order valence-corrected chi connectivity index (χ3v) is 7.69. The van der Waals surface area contributed by atoms with Gasteiger partial charge in [-0.2, -0.15) is 0 Å². The zero-order valence-electron chi connectivity index (χ0n) is 19.9. The Morgan fingerprint density at radius 2 is 1.03 bits per heavy atom. The van der Waals surface area contributed by atoms with Crippen molar-refractivity contribution in [2.75, 3.05) is 14.2 Å². The van der Waals surface area contributed by atoms with Crippen LogP contribution in [0.4, 0.5) is 0 Å². The van der Waals surface area contributed by atoms with Crippen molar-refractivity contribution < 1.29 is 28.5 Å². The fraction of sp³-hybridized carbons (Fsp3) is 0.500. The van der Waals surface area contributed by atoms with Gasteiger partial charge in [0, 0.05) is 12.8 Å². The smallest absolute Gasteiger partial charge is 0.167 e. The second-order valence-electron chi connectivity index (χ2n) is 9.58. The van der Waals surface area contributed by atoms with E-state index in [-0.39, 0.29) is 11.6 Å². The molecule has 2 spiro atoms. The van der Waals surface area contributed by atoms with E-state index in [1.54, 1.807) is 14.2 Å². The molecule has 1 saturated heterocycles. The lowest BCUT2D eigenvalue weighted by molar-refractivity contribution is -0.304. The van der Waals surface area contributed by atoms with Crippen LogP contribution in [0, 0.1) is 0 Å².